The van der Waals surface area contributed by atoms with Gasteiger partial charge >= 0.3 is 0 Å². The monoisotopic (exact) mass is 284 g/mol. The number of benzene rings is 1. The fourth-order valence-corrected chi connectivity index (χ4v) is 3.00. The molecule has 18 heavy (non-hydrogen) atoms. The molecular formula is C10H12N4O2S2. The molecule has 0 aliphatic heterocycles. The van der Waals surface area contributed by atoms with Crippen molar-refractivity contribution in [3.63, 3.8) is 0 Å². The minimum Gasteiger partial charge on any atom is -0.374 e. The highest BCUT2D eigenvalue weighted by molar-refractivity contribution is 7.89. The van der Waals surface area contributed by atoms with Gasteiger partial charge in [0.2, 0.25) is 15.2 Å². The molecule has 1 aromatic heterocycles. The Balaban J connectivity index is 1.94. The van der Waals surface area contributed by atoms with Crippen molar-refractivity contribution in [2.75, 3.05) is 12.3 Å². The first-order chi connectivity index (χ1) is 8.58. The molecule has 0 amide bonds. The summed E-state index contributed by atoms with van der Waals surface area (Å²) >= 11 is 1.25. The zero-order valence-corrected chi connectivity index (χ0v) is 11.0. The molecule has 8 heteroatoms. The molecule has 0 aliphatic carbocycles. The molecule has 3 N–H and O–H groups in total. The highest BCUT2D eigenvalue weighted by atomic mass is 32.2. The van der Waals surface area contributed by atoms with Gasteiger partial charge in [-0.05, 0) is 12.1 Å². The Morgan fingerprint density at radius 2 is 1.94 bits per heavy atom. The highest BCUT2D eigenvalue weighted by Crippen LogP contribution is 2.11. The standard InChI is InChI=1S/C10H12N4O2S2/c11-10-14-13-9(17-10)6-7-12-18(15,16)8-4-2-1-3-5-8/h1-5,12H,6-7H2,(H2,11,14). The number of hydrogen-bond donors (Lipinski definition) is 2. The van der Waals surface area contributed by atoms with Gasteiger partial charge in [-0.2, -0.15) is 0 Å². The summed E-state index contributed by atoms with van der Waals surface area (Å²) in [7, 11) is -3.45. The van der Waals surface area contributed by atoms with Crippen molar-refractivity contribution in [1.82, 2.24) is 14.9 Å². The minimum atomic E-state index is -3.45. The van der Waals surface area contributed by atoms with Crippen LogP contribution >= 0.6 is 11.3 Å². The highest BCUT2D eigenvalue weighted by Gasteiger charge is 2.12. The number of nitrogen functional groups attached to an aromatic ring is 1. The molecule has 0 saturated heterocycles. The third-order valence-corrected chi connectivity index (χ3v) is 4.46. The molecule has 0 bridgehead atoms. The van der Waals surface area contributed by atoms with Gasteiger partial charge < -0.3 is 5.73 Å². The maximum atomic E-state index is 11.9. The summed E-state index contributed by atoms with van der Waals surface area (Å²) in [5.41, 5.74) is 5.43. The van der Waals surface area contributed by atoms with Gasteiger partial charge in [0.25, 0.3) is 0 Å². The molecule has 0 unspecified atom stereocenters. The fraction of sp³-hybridized carbons (Fsp3) is 0.200. The summed E-state index contributed by atoms with van der Waals surface area (Å²) in [5, 5.41) is 8.57. The summed E-state index contributed by atoms with van der Waals surface area (Å²) in [6.07, 6.45) is 0.473. The molecule has 6 nitrogen and oxygen atoms in total. The maximum Gasteiger partial charge on any atom is 0.240 e. The van der Waals surface area contributed by atoms with Crippen LogP contribution in [0.25, 0.3) is 0 Å². The van der Waals surface area contributed by atoms with Crippen LogP contribution in [0.5, 0.6) is 0 Å². The zero-order chi connectivity index (χ0) is 13.0. The van der Waals surface area contributed by atoms with Crippen molar-refractivity contribution in [1.29, 1.82) is 0 Å². The molecule has 1 heterocycles. The summed E-state index contributed by atoms with van der Waals surface area (Å²) in [4.78, 5) is 0.252. The first kappa shape index (κ1) is 12.9. The third-order valence-electron chi connectivity index (χ3n) is 2.17. The van der Waals surface area contributed by atoms with Crippen LogP contribution in [0.2, 0.25) is 0 Å². The number of sulfonamides is 1. The number of nitrogens with two attached hydrogens (primary N) is 1. The molecule has 0 spiro atoms. The van der Waals surface area contributed by atoms with E-state index in [1.54, 1.807) is 30.3 Å². The van der Waals surface area contributed by atoms with E-state index in [-0.39, 0.29) is 11.4 Å². The molecule has 2 rings (SSSR count). The normalized spacial score (nSPS) is 11.6. The van der Waals surface area contributed by atoms with E-state index in [2.05, 4.69) is 14.9 Å². The number of rotatable bonds is 5. The van der Waals surface area contributed by atoms with Crippen molar-refractivity contribution in [3.05, 3.63) is 35.3 Å². The van der Waals surface area contributed by atoms with E-state index in [1.807, 2.05) is 0 Å². The van der Waals surface area contributed by atoms with Gasteiger partial charge in [0.05, 0.1) is 4.90 Å². The number of aromatic nitrogens is 2. The van der Waals surface area contributed by atoms with Crippen molar-refractivity contribution >= 4 is 26.5 Å². The molecular weight excluding hydrogens is 272 g/mol. The molecule has 0 radical (unpaired) electrons. The quantitative estimate of drug-likeness (QED) is 0.839. The Morgan fingerprint density at radius 3 is 2.56 bits per heavy atom. The van der Waals surface area contributed by atoms with Crippen LogP contribution < -0.4 is 10.5 Å². The van der Waals surface area contributed by atoms with Crippen LogP contribution in [0.4, 0.5) is 5.13 Å². The maximum absolute atomic E-state index is 11.9. The molecule has 0 aliphatic rings. The predicted octanol–water partition coefficient (Wildman–Crippen LogP) is 0.641. The second kappa shape index (κ2) is 5.42. The molecule has 96 valence electrons. The lowest BCUT2D eigenvalue weighted by Gasteiger charge is -2.04. The van der Waals surface area contributed by atoms with E-state index in [0.29, 0.717) is 16.6 Å². The average molecular weight is 284 g/mol. The van der Waals surface area contributed by atoms with Gasteiger partial charge in [-0.15, -0.1) is 10.2 Å². The van der Waals surface area contributed by atoms with Crippen LogP contribution in [0, 0.1) is 0 Å². The molecule has 1 aromatic carbocycles. The number of anilines is 1. The number of nitrogens with one attached hydrogen (secondary N) is 1. The first-order valence-electron chi connectivity index (χ1n) is 5.20. The van der Waals surface area contributed by atoms with Gasteiger partial charge in [-0.3, -0.25) is 0 Å². The Kier molecular flexibility index (Phi) is 3.90. The zero-order valence-electron chi connectivity index (χ0n) is 9.41. The smallest absolute Gasteiger partial charge is 0.240 e. The molecule has 0 fully saturated rings. The first-order valence-corrected chi connectivity index (χ1v) is 7.50. The van der Waals surface area contributed by atoms with Crippen molar-refractivity contribution in [2.45, 2.75) is 11.3 Å². The topological polar surface area (TPSA) is 98.0 Å². The van der Waals surface area contributed by atoms with Crippen LogP contribution in [-0.4, -0.2) is 25.2 Å². The second-order valence-electron chi connectivity index (χ2n) is 3.49. The Morgan fingerprint density at radius 1 is 1.22 bits per heavy atom. The van der Waals surface area contributed by atoms with Crippen molar-refractivity contribution < 1.29 is 8.42 Å². The predicted molar refractivity (Wildman–Crippen MR) is 69.7 cm³/mol. The van der Waals surface area contributed by atoms with Gasteiger partial charge in [0, 0.05) is 13.0 Å². The molecule has 0 atom stereocenters. The summed E-state index contributed by atoms with van der Waals surface area (Å²) < 4.78 is 26.2. The Labute approximate surface area is 109 Å². The van der Waals surface area contributed by atoms with E-state index in [0.717, 1.165) is 0 Å². The molecule has 2 aromatic rings. The average Bonchev–Trinajstić information content (AvgIpc) is 2.76. The summed E-state index contributed by atoms with van der Waals surface area (Å²) in [6, 6.07) is 8.22. The Bertz CT molecular complexity index is 610. The van der Waals surface area contributed by atoms with Gasteiger partial charge in [0.15, 0.2) is 0 Å². The minimum absolute atomic E-state index is 0.252. The number of nitrogens with zero attached hydrogens (tertiary/aromatic N) is 2. The van der Waals surface area contributed by atoms with E-state index in [1.165, 1.54) is 11.3 Å². The SMILES string of the molecule is Nc1nnc(CCNS(=O)(=O)c2ccccc2)s1. The van der Waals surface area contributed by atoms with Crippen LogP contribution in [0.15, 0.2) is 35.2 Å². The third kappa shape index (κ3) is 3.25. The van der Waals surface area contributed by atoms with Crippen molar-refractivity contribution in [2.24, 2.45) is 0 Å². The van der Waals surface area contributed by atoms with Crippen LogP contribution in [-0.2, 0) is 16.4 Å². The van der Waals surface area contributed by atoms with Crippen LogP contribution in [0.1, 0.15) is 5.01 Å². The number of hydrogen-bond acceptors (Lipinski definition) is 6. The fourth-order valence-electron chi connectivity index (χ4n) is 1.34. The lowest BCUT2D eigenvalue weighted by molar-refractivity contribution is 0.581. The van der Waals surface area contributed by atoms with E-state index in [9.17, 15) is 8.42 Å². The largest absolute Gasteiger partial charge is 0.374 e. The summed E-state index contributed by atoms with van der Waals surface area (Å²) in [5.74, 6) is 0. The van der Waals surface area contributed by atoms with E-state index >= 15 is 0 Å². The van der Waals surface area contributed by atoms with Gasteiger partial charge in [0.1, 0.15) is 5.01 Å². The second-order valence-corrected chi connectivity index (χ2v) is 6.36. The lowest BCUT2D eigenvalue weighted by atomic mass is 10.4. The van der Waals surface area contributed by atoms with Gasteiger partial charge in [-0.1, -0.05) is 29.5 Å². The van der Waals surface area contributed by atoms with E-state index in [4.69, 9.17) is 5.73 Å². The molecule has 0 saturated carbocycles. The van der Waals surface area contributed by atoms with Gasteiger partial charge in [-0.25, -0.2) is 13.1 Å². The Hall–Kier alpha value is -1.51. The van der Waals surface area contributed by atoms with Crippen molar-refractivity contribution in [3.8, 4) is 0 Å². The van der Waals surface area contributed by atoms with Crippen LogP contribution in [0.3, 0.4) is 0 Å². The lowest BCUT2D eigenvalue weighted by Crippen LogP contribution is -2.25. The summed E-state index contributed by atoms with van der Waals surface area (Å²) in [6.45, 7) is 0.270. The van der Waals surface area contributed by atoms with E-state index < -0.39 is 10.0 Å².